The maximum Gasteiger partial charge on any atom is 0.195 e. The Balaban J connectivity index is 1.70. The first kappa shape index (κ1) is 15.7. The Morgan fingerprint density at radius 1 is 1.23 bits per heavy atom. The van der Waals surface area contributed by atoms with E-state index < -0.39 is 0 Å². The van der Waals surface area contributed by atoms with Crippen molar-refractivity contribution in [2.24, 2.45) is 0 Å². The minimum absolute atomic E-state index is 0.636. The minimum atomic E-state index is 0.636. The van der Waals surface area contributed by atoms with Crippen LogP contribution in [0.3, 0.4) is 0 Å². The Hall–Kier alpha value is -1.21. The predicted octanol–water partition coefficient (Wildman–Crippen LogP) is 2.98. The van der Waals surface area contributed by atoms with E-state index in [1.54, 1.807) is 0 Å². The molecule has 1 fully saturated rings. The van der Waals surface area contributed by atoms with Gasteiger partial charge in [-0.1, -0.05) is 23.7 Å². The number of hydrogen-bond acceptors (Lipinski definition) is 4. The van der Waals surface area contributed by atoms with Crippen LogP contribution in [0.1, 0.15) is 6.42 Å². The molecule has 118 valence electrons. The van der Waals surface area contributed by atoms with Crippen LogP contribution in [0.25, 0.3) is 11.4 Å². The Morgan fingerprint density at radius 3 is 2.77 bits per heavy atom. The van der Waals surface area contributed by atoms with Crippen molar-refractivity contribution in [1.82, 2.24) is 19.7 Å². The van der Waals surface area contributed by atoms with Crippen molar-refractivity contribution >= 4 is 23.8 Å². The van der Waals surface area contributed by atoms with E-state index in [2.05, 4.69) is 15.1 Å². The van der Waals surface area contributed by atoms with E-state index in [1.165, 1.54) is 0 Å². The number of nitrogens with zero attached hydrogens (tertiary/aromatic N) is 3. The van der Waals surface area contributed by atoms with Crippen molar-refractivity contribution in [3.8, 4) is 11.4 Å². The van der Waals surface area contributed by atoms with E-state index >= 15 is 0 Å². The van der Waals surface area contributed by atoms with Crippen LogP contribution in [-0.2, 0) is 11.3 Å². The van der Waals surface area contributed by atoms with E-state index in [1.807, 2.05) is 28.8 Å². The summed E-state index contributed by atoms with van der Waals surface area (Å²) in [6.45, 7) is 5.54. The van der Waals surface area contributed by atoms with Gasteiger partial charge in [0.2, 0.25) is 0 Å². The number of hydrogen-bond donors (Lipinski definition) is 1. The molecule has 1 aromatic carbocycles. The Bertz CT molecular complexity index is 678. The van der Waals surface area contributed by atoms with Crippen molar-refractivity contribution in [1.29, 1.82) is 0 Å². The summed E-state index contributed by atoms with van der Waals surface area (Å²) in [5, 5.41) is 7.90. The number of H-pyrrole nitrogens is 1. The monoisotopic (exact) mass is 338 g/mol. The largest absolute Gasteiger partial charge is 0.379 e. The highest BCUT2D eigenvalue weighted by atomic mass is 35.5. The van der Waals surface area contributed by atoms with Crippen LogP contribution in [0.5, 0.6) is 0 Å². The number of rotatable bonds is 5. The van der Waals surface area contributed by atoms with E-state index in [0.29, 0.717) is 9.79 Å². The molecule has 0 bridgehead atoms. The first-order chi connectivity index (χ1) is 10.8. The van der Waals surface area contributed by atoms with Gasteiger partial charge in [-0.15, -0.1) is 0 Å². The molecule has 22 heavy (non-hydrogen) atoms. The third kappa shape index (κ3) is 3.57. The van der Waals surface area contributed by atoms with E-state index in [0.717, 1.165) is 57.2 Å². The lowest BCUT2D eigenvalue weighted by atomic mass is 10.2. The summed E-state index contributed by atoms with van der Waals surface area (Å²) in [6, 6.07) is 7.70. The molecule has 1 aromatic heterocycles. The van der Waals surface area contributed by atoms with E-state index in [9.17, 15) is 0 Å². The molecule has 0 saturated carbocycles. The summed E-state index contributed by atoms with van der Waals surface area (Å²) in [4.78, 5) is 2.42. The quantitative estimate of drug-likeness (QED) is 0.851. The highest BCUT2D eigenvalue weighted by molar-refractivity contribution is 7.71. The van der Waals surface area contributed by atoms with Crippen LogP contribution in [0, 0.1) is 4.77 Å². The summed E-state index contributed by atoms with van der Waals surface area (Å²) in [7, 11) is 0. The lowest BCUT2D eigenvalue weighted by Gasteiger charge is -2.26. The van der Waals surface area contributed by atoms with Crippen molar-refractivity contribution in [2.45, 2.75) is 13.0 Å². The highest BCUT2D eigenvalue weighted by Gasteiger charge is 2.13. The number of benzene rings is 1. The third-order valence-electron chi connectivity index (χ3n) is 3.83. The first-order valence-corrected chi connectivity index (χ1v) is 8.24. The van der Waals surface area contributed by atoms with Crippen LogP contribution in [0.2, 0.25) is 5.02 Å². The molecule has 2 aromatic rings. The molecule has 1 aliphatic rings. The molecule has 1 aliphatic heterocycles. The molecule has 0 atom stereocenters. The van der Waals surface area contributed by atoms with E-state index in [-0.39, 0.29) is 0 Å². The number of aromatic nitrogens is 3. The molecule has 2 heterocycles. The van der Waals surface area contributed by atoms with Crippen molar-refractivity contribution in [2.75, 3.05) is 32.8 Å². The van der Waals surface area contributed by atoms with Crippen LogP contribution >= 0.6 is 23.8 Å². The lowest BCUT2D eigenvalue weighted by Crippen LogP contribution is -2.37. The number of halogens is 1. The summed E-state index contributed by atoms with van der Waals surface area (Å²) in [5.41, 5.74) is 0.905. The molecule has 3 rings (SSSR count). The van der Waals surface area contributed by atoms with Crippen molar-refractivity contribution < 1.29 is 4.74 Å². The molecular formula is C15H19ClN4OS. The SMILES string of the molecule is S=c1[nH]nc(-c2ccccc2Cl)n1CCCN1CCOCC1. The number of morpholine rings is 1. The maximum absolute atomic E-state index is 6.27. The van der Waals surface area contributed by atoms with Gasteiger partial charge >= 0.3 is 0 Å². The van der Waals surface area contributed by atoms with Crippen molar-refractivity contribution in [3.05, 3.63) is 34.1 Å². The molecule has 1 saturated heterocycles. The maximum atomic E-state index is 6.27. The number of nitrogens with one attached hydrogen (secondary N) is 1. The molecule has 0 aliphatic carbocycles. The fraction of sp³-hybridized carbons (Fsp3) is 0.467. The summed E-state index contributed by atoms with van der Waals surface area (Å²) in [5.74, 6) is 0.803. The average molecular weight is 339 g/mol. The zero-order valence-electron chi connectivity index (χ0n) is 12.3. The van der Waals surface area contributed by atoms with Gasteiger partial charge in [-0.2, -0.15) is 5.10 Å². The van der Waals surface area contributed by atoms with Gasteiger partial charge in [0.15, 0.2) is 10.6 Å². The zero-order valence-corrected chi connectivity index (χ0v) is 13.9. The summed E-state index contributed by atoms with van der Waals surface area (Å²) < 4.78 is 8.03. The second-order valence-corrected chi connectivity index (χ2v) is 6.09. The van der Waals surface area contributed by atoms with Gasteiger partial charge < -0.3 is 9.30 Å². The Morgan fingerprint density at radius 2 is 2.00 bits per heavy atom. The average Bonchev–Trinajstić information content (AvgIpc) is 2.90. The van der Waals surface area contributed by atoms with Crippen LogP contribution in [0.4, 0.5) is 0 Å². The third-order valence-corrected chi connectivity index (χ3v) is 4.47. The molecule has 1 N–H and O–H groups in total. The fourth-order valence-corrected chi connectivity index (χ4v) is 3.09. The van der Waals surface area contributed by atoms with Gasteiger partial charge in [-0.25, -0.2) is 0 Å². The fourth-order valence-electron chi connectivity index (χ4n) is 2.65. The van der Waals surface area contributed by atoms with Gasteiger partial charge in [0, 0.05) is 31.7 Å². The van der Waals surface area contributed by atoms with Gasteiger partial charge in [-0.05, 0) is 30.8 Å². The molecule has 0 unspecified atom stereocenters. The normalized spacial score (nSPS) is 16.0. The zero-order chi connectivity index (χ0) is 15.4. The van der Waals surface area contributed by atoms with Gasteiger partial charge in [0.25, 0.3) is 0 Å². The first-order valence-electron chi connectivity index (χ1n) is 7.46. The molecule has 0 spiro atoms. The highest BCUT2D eigenvalue weighted by Crippen LogP contribution is 2.26. The predicted molar refractivity (Wildman–Crippen MR) is 89.7 cm³/mol. The molecule has 0 radical (unpaired) electrons. The Labute approximate surface area is 139 Å². The standard InChI is InChI=1S/C15H19ClN4OS/c16-13-5-2-1-4-12(13)14-17-18-15(22)20(14)7-3-6-19-8-10-21-11-9-19/h1-2,4-5H,3,6-11H2,(H,18,22). The second kappa shape index (κ2) is 7.37. The van der Waals surface area contributed by atoms with Crippen LogP contribution in [-0.4, -0.2) is 52.5 Å². The van der Waals surface area contributed by atoms with Gasteiger partial charge in [0.1, 0.15) is 0 Å². The second-order valence-electron chi connectivity index (χ2n) is 5.29. The van der Waals surface area contributed by atoms with E-state index in [4.69, 9.17) is 28.6 Å². The topological polar surface area (TPSA) is 46.1 Å². The van der Waals surface area contributed by atoms with Crippen molar-refractivity contribution in [3.63, 3.8) is 0 Å². The Kier molecular flexibility index (Phi) is 5.25. The molecular weight excluding hydrogens is 320 g/mol. The number of ether oxygens (including phenoxy) is 1. The summed E-state index contributed by atoms with van der Waals surface area (Å²) in [6.07, 6.45) is 1.02. The molecule has 7 heteroatoms. The van der Waals surface area contributed by atoms with Crippen LogP contribution in [0.15, 0.2) is 24.3 Å². The number of aromatic amines is 1. The van der Waals surface area contributed by atoms with Crippen LogP contribution < -0.4 is 0 Å². The smallest absolute Gasteiger partial charge is 0.195 e. The lowest BCUT2D eigenvalue weighted by molar-refractivity contribution is 0.0369. The minimum Gasteiger partial charge on any atom is -0.379 e. The summed E-state index contributed by atoms with van der Waals surface area (Å²) >= 11 is 11.6. The van der Waals surface area contributed by atoms with Gasteiger partial charge in [0.05, 0.1) is 18.2 Å². The molecule has 5 nitrogen and oxygen atoms in total. The van der Waals surface area contributed by atoms with Gasteiger partial charge in [-0.3, -0.25) is 10.00 Å². The molecule has 0 amide bonds.